The number of hydrogen-bond donors (Lipinski definition) is 1. The van der Waals surface area contributed by atoms with Gasteiger partial charge in [0, 0.05) is 28.1 Å². The van der Waals surface area contributed by atoms with Crippen LogP contribution in [0.2, 0.25) is 0 Å². The molecule has 4 rings (SSSR count). The van der Waals surface area contributed by atoms with E-state index in [1.807, 2.05) is 18.2 Å². The van der Waals surface area contributed by atoms with Crippen molar-refractivity contribution < 1.29 is 9.73 Å². The third-order valence-electron chi connectivity index (χ3n) is 5.19. The molecule has 0 aliphatic carbocycles. The Morgan fingerprint density at radius 2 is 1.50 bits per heavy atom. The molecule has 0 radical (unpaired) electrons. The van der Waals surface area contributed by atoms with Gasteiger partial charge < -0.3 is 9.73 Å². The van der Waals surface area contributed by atoms with E-state index < -0.39 is 0 Å². The topological polar surface area (TPSA) is 46.8 Å². The van der Waals surface area contributed by atoms with E-state index in [0.717, 1.165) is 17.4 Å². The van der Waals surface area contributed by atoms with Crippen LogP contribution in [0.3, 0.4) is 0 Å². The third kappa shape index (κ3) is 3.90. The van der Waals surface area contributed by atoms with Crippen LogP contribution in [-0.2, 0) is 13.0 Å². The highest BCUT2D eigenvalue weighted by Crippen LogP contribution is 2.21. The molecule has 3 heteroatoms. The van der Waals surface area contributed by atoms with Gasteiger partial charge in [-0.15, -0.1) is 0 Å². The van der Waals surface area contributed by atoms with Crippen LogP contribution in [0.25, 0.3) is 11.0 Å². The molecule has 0 spiro atoms. The number of benzene rings is 3. The molecule has 2 N–H and O–H groups in total. The molecule has 0 aliphatic rings. The van der Waals surface area contributed by atoms with E-state index >= 15 is 0 Å². The zero-order chi connectivity index (χ0) is 19.3. The predicted octanol–water partition coefficient (Wildman–Crippen LogP) is 4.21. The number of quaternary nitrogens is 1. The number of fused-ring (bicyclic) bond motifs is 1. The quantitative estimate of drug-likeness (QED) is 0.517. The average molecular weight is 370 g/mol. The first kappa shape index (κ1) is 18.2. The lowest BCUT2D eigenvalue weighted by molar-refractivity contribution is -0.702. The molecule has 4 aromatic rings. The zero-order valence-electron chi connectivity index (χ0n) is 16.0. The van der Waals surface area contributed by atoms with E-state index in [2.05, 4.69) is 72.9 Å². The van der Waals surface area contributed by atoms with Crippen molar-refractivity contribution in [3.63, 3.8) is 0 Å². The van der Waals surface area contributed by atoms with Crippen molar-refractivity contribution in [3.8, 4) is 0 Å². The van der Waals surface area contributed by atoms with Gasteiger partial charge in [0.05, 0.1) is 0 Å². The van der Waals surface area contributed by atoms with Crippen molar-refractivity contribution in [1.29, 1.82) is 0 Å². The van der Waals surface area contributed by atoms with Gasteiger partial charge in [-0.3, -0.25) is 0 Å². The third-order valence-corrected chi connectivity index (χ3v) is 5.19. The maximum Gasteiger partial charge on any atom is 0.336 e. The molecule has 0 bridgehead atoms. The molecular formula is C25H24NO2+. The van der Waals surface area contributed by atoms with E-state index in [9.17, 15) is 4.79 Å². The Kier molecular flexibility index (Phi) is 5.36. The molecule has 0 atom stereocenters. The second-order valence-electron chi connectivity index (χ2n) is 7.01. The molecular weight excluding hydrogens is 346 g/mol. The van der Waals surface area contributed by atoms with Crippen LogP contribution < -0.4 is 10.9 Å². The van der Waals surface area contributed by atoms with Gasteiger partial charge in [-0.1, -0.05) is 79.7 Å². The normalized spacial score (nSPS) is 11.2. The lowest BCUT2D eigenvalue weighted by Crippen LogP contribution is -2.84. The van der Waals surface area contributed by atoms with Crippen molar-refractivity contribution in [2.45, 2.75) is 25.9 Å². The van der Waals surface area contributed by atoms with Crippen LogP contribution in [0.5, 0.6) is 0 Å². The monoisotopic (exact) mass is 370 g/mol. The Bertz CT molecular complexity index is 1080. The molecule has 1 heterocycles. The minimum Gasteiger partial charge on any atom is -0.423 e. The standard InChI is InChI=1S/C25H23NO2/c1-2-18-13-14-22-21(16-24(27)28-23(22)15-18)17-26-25(19-9-5-3-6-10-19)20-11-7-4-8-12-20/h3-16,25-26H,2,17H2,1H3/p+1. The Morgan fingerprint density at radius 3 is 2.11 bits per heavy atom. The second kappa shape index (κ2) is 8.24. The van der Waals surface area contributed by atoms with E-state index in [0.29, 0.717) is 12.1 Å². The van der Waals surface area contributed by atoms with E-state index in [-0.39, 0.29) is 11.7 Å². The van der Waals surface area contributed by atoms with Gasteiger partial charge in [0.2, 0.25) is 0 Å². The van der Waals surface area contributed by atoms with Gasteiger partial charge in [-0.05, 0) is 18.1 Å². The predicted molar refractivity (Wildman–Crippen MR) is 112 cm³/mol. The lowest BCUT2D eigenvalue weighted by Gasteiger charge is -2.17. The van der Waals surface area contributed by atoms with Gasteiger partial charge in [0.25, 0.3) is 0 Å². The summed E-state index contributed by atoms with van der Waals surface area (Å²) in [5.41, 5.74) is 5.05. The van der Waals surface area contributed by atoms with E-state index in [1.165, 1.54) is 16.7 Å². The fourth-order valence-corrected chi connectivity index (χ4v) is 3.69. The molecule has 0 amide bonds. The van der Waals surface area contributed by atoms with Crippen molar-refractivity contribution in [2.24, 2.45) is 0 Å². The Morgan fingerprint density at radius 1 is 0.857 bits per heavy atom. The molecule has 140 valence electrons. The molecule has 28 heavy (non-hydrogen) atoms. The Labute approximate surface area is 164 Å². The lowest BCUT2D eigenvalue weighted by atomic mass is 9.98. The van der Waals surface area contributed by atoms with Gasteiger partial charge in [-0.25, -0.2) is 4.79 Å². The van der Waals surface area contributed by atoms with Crippen molar-refractivity contribution >= 4 is 11.0 Å². The van der Waals surface area contributed by atoms with Gasteiger partial charge in [0.1, 0.15) is 18.2 Å². The van der Waals surface area contributed by atoms with Crippen LogP contribution in [0.4, 0.5) is 0 Å². The largest absolute Gasteiger partial charge is 0.423 e. The highest BCUT2D eigenvalue weighted by atomic mass is 16.4. The fourth-order valence-electron chi connectivity index (χ4n) is 3.69. The Hall–Kier alpha value is -3.17. The van der Waals surface area contributed by atoms with Gasteiger partial charge in [0.15, 0.2) is 0 Å². The smallest absolute Gasteiger partial charge is 0.336 e. The molecule has 0 saturated carbocycles. The summed E-state index contributed by atoms with van der Waals surface area (Å²) in [6.45, 7) is 2.79. The summed E-state index contributed by atoms with van der Waals surface area (Å²) < 4.78 is 5.45. The first-order valence-electron chi connectivity index (χ1n) is 9.73. The van der Waals surface area contributed by atoms with Gasteiger partial charge >= 0.3 is 5.63 Å². The summed E-state index contributed by atoms with van der Waals surface area (Å²) in [5, 5.41) is 3.29. The first-order valence-corrected chi connectivity index (χ1v) is 9.73. The van der Waals surface area contributed by atoms with Gasteiger partial charge in [-0.2, -0.15) is 0 Å². The zero-order valence-corrected chi connectivity index (χ0v) is 16.0. The Balaban J connectivity index is 1.69. The van der Waals surface area contributed by atoms with Crippen molar-refractivity contribution in [2.75, 3.05) is 0 Å². The summed E-state index contributed by atoms with van der Waals surface area (Å²) in [4.78, 5) is 12.1. The van der Waals surface area contributed by atoms with Crippen LogP contribution in [0.1, 0.15) is 35.2 Å². The summed E-state index contributed by atoms with van der Waals surface area (Å²) in [5.74, 6) is 0. The number of rotatable bonds is 6. The highest BCUT2D eigenvalue weighted by molar-refractivity contribution is 5.80. The summed E-state index contributed by atoms with van der Waals surface area (Å²) in [6.07, 6.45) is 0.917. The fraction of sp³-hybridized carbons (Fsp3) is 0.160. The molecule has 0 saturated heterocycles. The van der Waals surface area contributed by atoms with Crippen LogP contribution in [-0.4, -0.2) is 0 Å². The first-order chi connectivity index (χ1) is 13.7. The summed E-state index contributed by atoms with van der Waals surface area (Å²) in [7, 11) is 0. The summed E-state index contributed by atoms with van der Waals surface area (Å²) in [6, 6.07) is 28.9. The van der Waals surface area contributed by atoms with E-state index in [1.54, 1.807) is 6.07 Å². The average Bonchev–Trinajstić information content (AvgIpc) is 2.74. The van der Waals surface area contributed by atoms with Crippen LogP contribution in [0, 0.1) is 0 Å². The SMILES string of the molecule is CCc1ccc2c(C[NH2+]C(c3ccccc3)c3ccccc3)cc(=O)oc2c1. The molecule has 1 aromatic heterocycles. The number of aryl methyl sites for hydroxylation is 1. The maximum absolute atomic E-state index is 12.1. The molecule has 3 aromatic carbocycles. The minimum atomic E-state index is -0.292. The number of hydrogen-bond acceptors (Lipinski definition) is 2. The van der Waals surface area contributed by atoms with Crippen LogP contribution >= 0.6 is 0 Å². The molecule has 0 unspecified atom stereocenters. The second-order valence-corrected chi connectivity index (χ2v) is 7.01. The van der Waals surface area contributed by atoms with E-state index in [4.69, 9.17) is 4.42 Å². The maximum atomic E-state index is 12.1. The van der Waals surface area contributed by atoms with Crippen molar-refractivity contribution in [1.82, 2.24) is 0 Å². The molecule has 0 fully saturated rings. The van der Waals surface area contributed by atoms with Crippen molar-refractivity contribution in [3.05, 3.63) is 118 Å². The molecule has 0 aliphatic heterocycles. The number of nitrogens with two attached hydrogens (primary N) is 1. The minimum absolute atomic E-state index is 0.166. The molecule has 3 nitrogen and oxygen atoms in total. The summed E-state index contributed by atoms with van der Waals surface area (Å²) >= 11 is 0. The highest BCUT2D eigenvalue weighted by Gasteiger charge is 2.18. The van der Waals surface area contributed by atoms with Crippen LogP contribution in [0.15, 0.2) is 94.1 Å².